The minimum Gasteiger partial charge on any atom is -0.494 e. The van der Waals surface area contributed by atoms with Crippen molar-refractivity contribution < 1.29 is 17.9 Å². The highest BCUT2D eigenvalue weighted by molar-refractivity contribution is 7.91. The van der Waals surface area contributed by atoms with E-state index in [1.807, 2.05) is 62.4 Å². The van der Waals surface area contributed by atoms with Gasteiger partial charge in [-0.3, -0.25) is 4.90 Å². The molecule has 0 aliphatic carbocycles. The molecule has 4 rings (SSSR count). The summed E-state index contributed by atoms with van der Waals surface area (Å²) in [4.78, 5) is 16.6. The highest BCUT2D eigenvalue weighted by Gasteiger charge is 2.53. The Balaban J connectivity index is 1.65. The van der Waals surface area contributed by atoms with Gasteiger partial charge in [-0.05, 0) is 43.7 Å². The van der Waals surface area contributed by atoms with Crippen LogP contribution in [0.3, 0.4) is 0 Å². The highest BCUT2D eigenvalue weighted by atomic mass is 32.2. The molecular weight excluding hydrogens is 376 g/mol. The monoisotopic (exact) mass is 400 g/mol. The molecule has 2 aliphatic heterocycles. The number of fused-ring (bicyclic) bond motifs is 1. The van der Waals surface area contributed by atoms with E-state index in [0.29, 0.717) is 18.8 Å². The number of rotatable bonds is 5. The quantitative estimate of drug-likeness (QED) is 0.724. The Morgan fingerprint density at radius 1 is 1.00 bits per heavy atom. The largest absolute Gasteiger partial charge is 0.494 e. The SMILES string of the molecule is CCOc1ccc(N2C(=O)N(Cc3ccc(C)cc3)[C@H]3CS(=O)(=O)C[C@H]32)cc1. The Kier molecular flexibility index (Phi) is 4.79. The summed E-state index contributed by atoms with van der Waals surface area (Å²) in [6.45, 7) is 4.89. The zero-order valence-corrected chi connectivity index (χ0v) is 16.9. The van der Waals surface area contributed by atoms with Crippen LogP contribution >= 0.6 is 0 Å². The number of hydrogen-bond donors (Lipinski definition) is 0. The van der Waals surface area contributed by atoms with E-state index in [1.54, 1.807) is 9.80 Å². The third kappa shape index (κ3) is 3.46. The summed E-state index contributed by atoms with van der Waals surface area (Å²) in [5.41, 5.74) is 2.84. The van der Waals surface area contributed by atoms with Gasteiger partial charge in [0.15, 0.2) is 9.84 Å². The molecule has 6 nitrogen and oxygen atoms in total. The number of carbonyl (C=O) groups is 1. The topological polar surface area (TPSA) is 66.9 Å². The molecule has 2 atom stereocenters. The molecule has 0 spiro atoms. The van der Waals surface area contributed by atoms with Crippen LogP contribution in [0.2, 0.25) is 0 Å². The zero-order valence-electron chi connectivity index (χ0n) is 16.0. The van der Waals surface area contributed by atoms with Gasteiger partial charge < -0.3 is 9.64 Å². The molecule has 2 saturated heterocycles. The maximum Gasteiger partial charge on any atom is 0.325 e. The Hall–Kier alpha value is -2.54. The van der Waals surface area contributed by atoms with Gasteiger partial charge in [0.25, 0.3) is 0 Å². The van der Waals surface area contributed by atoms with Gasteiger partial charge in [-0.1, -0.05) is 29.8 Å². The van der Waals surface area contributed by atoms with E-state index in [0.717, 1.165) is 16.9 Å². The van der Waals surface area contributed by atoms with Gasteiger partial charge in [0.05, 0.1) is 30.2 Å². The number of ether oxygens (including phenoxy) is 1. The van der Waals surface area contributed by atoms with Crippen LogP contribution in [0.25, 0.3) is 0 Å². The second-order valence-corrected chi connectivity index (χ2v) is 9.56. The minimum atomic E-state index is -3.18. The van der Waals surface area contributed by atoms with Crippen molar-refractivity contribution >= 4 is 21.6 Å². The van der Waals surface area contributed by atoms with Crippen LogP contribution < -0.4 is 9.64 Å². The number of amides is 2. The van der Waals surface area contributed by atoms with Crippen LogP contribution in [-0.2, 0) is 16.4 Å². The first-order valence-corrected chi connectivity index (χ1v) is 11.3. The van der Waals surface area contributed by atoms with E-state index in [4.69, 9.17) is 4.74 Å². The summed E-state index contributed by atoms with van der Waals surface area (Å²) >= 11 is 0. The molecule has 0 N–H and O–H groups in total. The van der Waals surface area contributed by atoms with Crippen LogP contribution in [0.1, 0.15) is 18.1 Å². The summed E-state index contributed by atoms with van der Waals surface area (Å²) in [5, 5.41) is 0. The van der Waals surface area contributed by atoms with Crippen molar-refractivity contribution in [3.05, 3.63) is 59.7 Å². The lowest BCUT2D eigenvalue weighted by molar-refractivity contribution is 0.206. The van der Waals surface area contributed by atoms with Crippen LogP contribution in [0.15, 0.2) is 48.5 Å². The van der Waals surface area contributed by atoms with E-state index in [9.17, 15) is 13.2 Å². The molecule has 2 aromatic rings. The molecule has 2 aromatic carbocycles. The van der Waals surface area contributed by atoms with Crippen LogP contribution in [0, 0.1) is 6.92 Å². The number of nitrogens with zero attached hydrogens (tertiary/aromatic N) is 2. The number of carbonyl (C=O) groups excluding carboxylic acids is 1. The average Bonchev–Trinajstić information content (AvgIpc) is 3.09. The van der Waals surface area contributed by atoms with Crippen molar-refractivity contribution in [1.82, 2.24) is 4.90 Å². The van der Waals surface area contributed by atoms with E-state index in [-0.39, 0.29) is 29.6 Å². The third-order valence-electron chi connectivity index (χ3n) is 5.38. The Labute approximate surface area is 165 Å². The maximum absolute atomic E-state index is 13.2. The average molecular weight is 401 g/mol. The number of sulfone groups is 1. The first kappa shape index (κ1) is 18.8. The van der Waals surface area contributed by atoms with E-state index < -0.39 is 9.84 Å². The number of urea groups is 1. The van der Waals surface area contributed by atoms with Gasteiger partial charge in [0.2, 0.25) is 0 Å². The van der Waals surface area contributed by atoms with Gasteiger partial charge in [-0.15, -0.1) is 0 Å². The molecule has 0 aromatic heterocycles. The van der Waals surface area contributed by atoms with Crippen molar-refractivity contribution in [2.24, 2.45) is 0 Å². The van der Waals surface area contributed by atoms with Gasteiger partial charge in [-0.2, -0.15) is 0 Å². The minimum absolute atomic E-state index is 0.00101. The predicted octanol–water partition coefficient (Wildman–Crippen LogP) is 3.00. The lowest BCUT2D eigenvalue weighted by Crippen LogP contribution is -2.37. The van der Waals surface area contributed by atoms with Crippen LogP contribution in [0.4, 0.5) is 10.5 Å². The molecule has 2 amide bonds. The second kappa shape index (κ2) is 7.13. The van der Waals surface area contributed by atoms with Crippen LogP contribution in [-0.4, -0.2) is 49.5 Å². The highest BCUT2D eigenvalue weighted by Crippen LogP contribution is 2.36. The summed E-state index contributed by atoms with van der Waals surface area (Å²) in [7, 11) is -3.18. The molecule has 2 heterocycles. The lowest BCUT2D eigenvalue weighted by atomic mass is 10.1. The molecule has 0 bridgehead atoms. The van der Waals surface area contributed by atoms with E-state index >= 15 is 0 Å². The number of anilines is 1. The molecule has 2 aliphatic rings. The van der Waals surface area contributed by atoms with E-state index in [2.05, 4.69) is 0 Å². The zero-order chi connectivity index (χ0) is 19.9. The third-order valence-corrected chi connectivity index (χ3v) is 7.08. The molecule has 148 valence electrons. The van der Waals surface area contributed by atoms with Crippen molar-refractivity contribution in [1.29, 1.82) is 0 Å². The molecule has 7 heteroatoms. The molecule has 0 unspecified atom stereocenters. The molecule has 28 heavy (non-hydrogen) atoms. The molecule has 0 saturated carbocycles. The number of benzene rings is 2. The van der Waals surface area contributed by atoms with Gasteiger partial charge in [0.1, 0.15) is 5.75 Å². The fourth-order valence-corrected chi connectivity index (χ4v) is 5.97. The number of aryl methyl sites for hydroxylation is 1. The standard InChI is InChI=1S/C21H24N2O4S/c1-3-27-18-10-8-17(9-11-18)23-20-14-28(25,26)13-19(20)22(21(23)24)12-16-6-4-15(2)5-7-16/h4-11,19-20H,3,12-14H2,1-2H3/t19-,20+/m0/s1. The first-order valence-electron chi connectivity index (χ1n) is 9.46. The summed E-state index contributed by atoms with van der Waals surface area (Å²) in [5.74, 6) is 0.745. The summed E-state index contributed by atoms with van der Waals surface area (Å²) < 4.78 is 30.1. The normalized spacial score (nSPS) is 23.1. The Morgan fingerprint density at radius 2 is 1.64 bits per heavy atom. The fourth-order valence-electron chi connectivity index (χ4n) is 4.02. The summed E-state index contributed by atoms with van der Waals surface area (Å²) in [6.07, 6.45) is 0. The van der Waals surface area contributed by atoms with Gasteiger partial charge in [-0.25, -0.2) is 13.2 Å². The second-order valence-electron chi connectivity index (χ2n) is 7.40. The van der Waals surface area contributed by atoms with Gasteiger partial charge in [0, 0.05) is 12.2 Å². The van der Waals surface area contributed by atoms with Crippen molar-refractivity contribution in [2.45, 2.75) is 32.5 Å². The van der Waals surface area contributed by atoms with Gasteiger partial charge >= 0.3 is 6.03 Å². The van der Waals surface area contributed by atoms with Crippen molar-refractivity contribution in [3.8, 4) is 5.75 Å². The lowest BCUT2D eigenvalue weighted by Gasteiger charge is -2.23. The van der Waals surface area contributed by atoms with E-state index in [1.165, 1.54) is 0 Å². The number of hydrogen-bond acceptors (Lipinski definition) is 4. The van der Waals surface area contributed by atoms with Crippen molar-refractivity contribution in [3.63, 3.8) is 0 Å². The van der Waals surface area contributed by atoms with Crippen LogP contribution in [0.5, 0.6) is 5.75 Å². The Morgan fingerprint density at radius 3 is 2.29 bits per heavy atom. The summed E-state index contributed by atoms with van der Waals surface area (Å²) in [6, 6.07) is 14.4. The molecular formula is C21H24N2O4S. The molecule has 2 fully saturated rings. The van der Waals surface area contributed by atoms with Crippen molar-refractivity contribution in [2.75, 3.05) is 23.0 Å². The Bertz CT molecular complexity index is 970. The first-order chi connectivity index (χ1) is 13.4. The maximum atomic E-state index is 13.2. The fraction of sp³-hybridized carbons (Fsp3) is 0.381. The molecule has 0 radical (unpaired) electrons. The predicted molar refractivity (Wildman–Crippen MR) is 108 cm³/mol. The smallest absolute Gasteiger partial charge is 0.325 e.